The number of thiol groups is 1. The average Bonchev–Trinajstić information content (AvgIpc) is 2.31. The second-order valence-corrected chi connectivity index (χ2v) is 5.03. The molecule has 2 aromatic carbocycles. The molecule has 0 N–H and O–H groups in total. The second kappa shape index (κ2) is 7.23. The van der Waals surface area contributed by atoms with Gasteiger partial charge < -0.3 is 17.3 Å². The molecule has 0 saturated heterocycles. The SMILES string of the molecule is Cc1ccc([SH+]c2ccccc2)cc1.F[B-](F)(F)F. The van der Waals surface area contributed by atoms with E-state index in [0.717, 1.165) is 0 Å². The van der Waals surface area contributed by atoms with Crippen molar-refractivity contribution in [2.45, 2.75) is 16.7 Å². The van der Waals surface area contributed by atoms with E-state index in [1.54, 1.807) is 0 Å². The van der Waals surface area contributed by atoms with Crippen LogP contribution in [-0.4, -0.2) is 7.25 Å². The fourth-order valence-corrected chi connectivity index (χ4v) is 2.19. The van der Waals surface area contributed by atoms with Gasteiger partial charge in [-0.05, 0) is 31.2 Å². The maximum atomic E-state index is 9.75. The summed E-state index contributed by atoms with van der Waals surface area (Å²) in [5.74, 6) is 0. The van der Waals surface area contributed by atoms with Crippen molar-refractivity contribution in [2.24, 2.45) is 0 Å². The second-order valence-electron chi connectivity index (χ2n) is 3.78. The monoisotopic (exact) mass is 288 g/mol. The first-order valence-electron chi connectivity index (χ1n) is 5.55. The molecule has 0 nitrogen and oxygen atoms in total. The molecule has 0 radical (unpaired) electrons. The lowest BCUT2D eigenvalue weighted by atomic mass is 10.2. The van der Waals surface area contributed by atoms with Crippen LogP contribution in [0.4, 0.5) is 17.3 Å². The van der Waals surface area contributed by atoms with Crippen molar-refractivity contribution < 1.29 is 17.3 Å². The molecule has 0 aliphatic carbocycles. The Hall–Kier alpha value is -1.43. The summed E-state index contributed by atoms with van der Waals surface area (Å²) in [7, 11) is -6.00. The third-order valence-corrected chi connectivity index (χ3v) is 3.16. The molecule has 19 heavy (non-hydrogen) atoms. The van der Waals surface area contributed by atoms with Crippen molar-refractivity contribution in [1.29, 1.82) is 0 Å². The van der Waals surface area contributed by atoms with Crippen molar-refractivity contribution in [2.75, 3.05) is 0 Å². The molecule has 2 aromatic rings. The highest BCUT2D eigenvalue weighted by Crippen LogP contribution is 2.12. The molecule has 0 aromatic heterocycles. The molecule has 2 rings (SSSR count). The van der Waals surface area contributed by atoms with Crippen LogP contribution < -0.4 is 0 Å². The van der Waals surface area contributed by atoms with Crippen molar-refractivity contribution in [1.82, 2.24) is 0 Å². The van der Waals surface area contributed by atoms with Gasteiger partial charge in [0, 0.05) is 11.8 Å². The van der Waals surface area contributed by atoms with Gasteiger partial charge in [0.1, 0.15) is 0 Å². The molecule has 0 atom stereocenters. The van der Waals surface area contributed by atoms with Crippen molar-refractivity contribution in [3.05, 3.63) is 60.2 Å². The lowest BCUT2D eigenvalue weighted by molar-refractivity contribution is 0.368. The van der Waals surface area contributed by atoms with E-state index in [-0.39, 0.29) is 0 Å². The number of aryl methyl sites for hydroxylation is 1. The van der Waals surface area contributed by atoms with E-state index in [2.05, 4.69) is 55.5 Å². The number of halogens is 4. The van der Waals surface area contributed by atoms with Gasteiger partial charge >= 0.3 is 7.25 Å². The van der Waals surface area contributed by atoms with Gasteiger partial charge in [-0.3, -0.25) is 0 Å². The quantitative estimate of drug-likeness (QED) is 0.330. The van der Waals surface area contributed by atoms with E-state index in [1.165, 1.54) is 27.1 Å². The van der Waals surface area contributed by atoms with E-state index < -0.39 is 7.25 Å². The smallest absolute Gasteiger partial charge is 0.418 e. The molecule has 0 fully saturated rings. The Morgan fingerprint density at radius 1 is 0.737 bits per heavy atom. The van der Waals surface area contributed by atoms with Crippen LogP contribution in [0.25, 0.3) is 0 Å². The zero-order chi connectivity index (χ0) is 14.3. The summed E-state index contributed by atoms with van der Waals surface area (Å²) < 4.78 is 39.0. The van der Waals surface area contributed by atoms with Crippen LogP contribution in [0.5, 0.6) is 0 Å². The van der Waals surface area contributed by atoms with Gasteiger partial charge in [-0.15, -0.1) is 0 Å². The maximum absolute atomic E-state index is 9.75. The highest BCUT2D eigenvalue weighted by Gasteiger charge is 2.20. The van der Waals surface area contributed by atoms with Crippen LogP contribution in [0.2, 0.25) is 0 Å². The summed E-state index contributed by atoms with van der Waals surface area (Å²) in [4.78, 5) is 2.69. The van der Waals surface area contributed by atoms with Gasteiger partial charge in [-0.1, -0.05) is 35.9 Å². The molecule has 0 aliphatic heterocycles. The normalized spacial score (nSPS) is 10.6. The lowest BCUT2D eigenvalue weighted by Crippen LogP contribution is -2.02. The van der Waals surface area contributed by atoms with Crippen molar-refractivity contribution in [3.8, 4) is 0 Å². The number of hydrogen-bond donors (Lipinski definition) is 0. The number of benzene rings is 2. The minimum atomic E-state index is -6.00. The summed E-state index contributed by atoms with van der Waals surface area (Å²) in [6, 6.07) is 19.2. The summed E-state index contributed by atoms with van der Waals surface area (Å²) in [6.07, 6.45) is 0. The standard InChI is InChI=1S/C13H12S.BF4/c1-11-7-9-13(10-8-11)14-12-5-3-2-4-6-12;2-1(3,4)5/h2-10H,1H3;/q;-1/p+1. The Morgan fingerprint density at radius 2 is 1.16 bits per heavy atom. The van der Waals surface area contributed by atoms with Gasteiger partial charge in [0.05, 0.1) is 0 Å². The summed E-state index contributed by atoms with van der Waals surface area (Å²) in [5.41, 5.74) is 1.32. The van der Waals surface area contributed by atoms with Crippen LogP contribution in [0.3, 0.4) is 0 Å². The molecule has 0 saturated carbocycles. The van der Waals surface area contributed by atoms with Gasteiger partial charge in [-0.2, -0.15) is 0 Å². The minimum Gasteiger partial charge on any atom is -0.418 e. The Bertz CT molecular complexity index is 476. The summed E-state index contributed by atoms with van der Waals surface area (Å²) in [5, 5.41) is 0. The molecular formula is C13H13BF4S. The zero-order valence-electron chi connectivity index (χ0n) is 10.2. The molecule has 0 spiro atoms. The van der Waals surface area contributed by atoms with Crippen molar-refractivity contribution in [3.63, 3.8) is 0 Å². The molecule has 0 bridgehead atoms. The Morgan fingerprint density at radius 3 is 1.63 bits per heavy atom. The lowest BCUT2D eigenvalue weighted by Gasteiger charge is -1.94. The predicted molar refractivity (Wildman–Crippen MR) is 73.1 cm³/mol. The molecule has 0 unspecified atom stereocenters. The Balaban J connectivity index is 0.000000312. The first-order valence-corrected chi connectivity index (χ1v) is 6.45. The molecular weight excluding hydrogens is 275 g/mol. The molecule has 0 amide bonds. The minimum absolute atomic E-state index is 1.28. The molecule has 0 heterocycles. The number of rotatable bonds is 2. The van der Waals surface area contributed by atoms with Gasteiger partial charge in [-0.25, -0.2) is 0 Å². The summed E-state index contributed by atoms with van der Waals surface area (Å²) in [6.45, 7) is 2.11. The van der Waals surface area contributed by atoms with E-state index in [4.69, 9.17) is 0 Å². The zero-order valence-corrected chi connectivity index (χ0v) is 11.1. The Kier molecular flexibility index (Phi) is 5.95. The third kappa shape index (κ3) is 8.32. The van der Waals surface area contributed by atoms with Crippen LogP contribution >= 0.6 is 0 Å². The molecule has 102 valence electrons. The van der Waals surface area contributed by atoms with Crippen LogP contribution in [0, 0.1) is 6.92 Å². The van der Waals surface area contributed by atoms with E-state index in [9.17, 15) is 17.3 Å². The fraction of sp³-hybridized carbons (Fsp3) is 0.0769. The van der Waals surface area contributed by atoms with Gasteiger partial charge in [0.15, 0.2) is 9.79 Å². The highest BCUT2D eigenvalue weighted by atomic mass is 32.2. The maximum Gasteiger partial charge on any atom is 0.673 e. The summed E-state index contributed by atoms with van der Waals surface area (Å²) >= 11 is 1.28. The average molecular weight is 288 g/mol. The number of hydrogen-bond acceptors (Lipinski definition) is 0. The largest absolute Gasteiger partial charge is 0.673 e. The predicted octanol–water partition coefficient (Wildman–Crippen LogP) is 4.53. The molecule has 6 heteroatoms. The molecule has 0 aliphatic rings. The fourth-order valence-electron chi connectivity index (χ4n) is 1.27. The van der Waals surface area contributed by atoms with Crippen LogP contribution in [0.1, 0.15) is 5.56 Å². The van der Waals surface area contributed by atoms with Gasteiger partial charge in [0.2, 0.25) is 0 Å². The highest BCUT2D eigenvalue weighted by molar-refractivity contribution is 7.78. The third-order valence-electron chi connectivity index (χ3n) is 2.05. The van der Waals surface area contributed by atoms with E-state index in [0.29, 0.717) is 0 Å². The van der Waals surface area contributed by atoms with Gasteiger partial charge in [0.25, 0.3) is 0 Å². The van der Waals surface area contributed by atoms with Crippen LogP contribution in [-0.2, 0) is 11.8 Å². The first kappa shape index (κ1) is 15.6. The van der Waals surface area contributed by atoms with E-state index >= 15 is 0 Å². The van der Waals surface area contributed by atoms with Crippen molar-refractivity contribution >= 4 is 19.0 Å². The first-order chi connectivity index (χ1) is 8.84. The van der Waals surface area contributed by atoms with Crippen LogP contribution in [0.15, 0.2) is 64.4 Å². The Labute approximate surface area is 113 Å². The topological polar surface area (TPSA) is 0 Å². The van der Waals surface area contributed by atoms with E-state index in [1.807, 2.05) is 6.07 Å².